The number of Topliss-reactive ketones (excluding diaryl/α,β-unsaturated/α-hetero) is 1. The Morgan fingerprint density at radius 2 is 2.00 bits per heavy atom. The van der Waals surface area contributed by atoms with Gasteiger partial charge in [-0.1, -0.05) is 20.8 Å². The van der Waals surface area contributed by atoms with Gasteiger partial charge in [-0.25, -0.2) is 0 Å². The molecule has 0 spiro atoms. The summed E-state index contributed by atoms with van der Waals surface area (Å²) in [6.07, 6.45) is -0.234. The maximum Gasteiger partial charge on any atom is 0.138 e. The van der Waals surface area contributed by atoms with E-state index in [1.807, 2.05) is 32.7 Å². The number of nitrogens with zero attached hydrogens (tertiary/aromatic N) is 1. The number of likely N-dealkylation sites (N-methyl/N-ethyl adjacent to an activating group) is 1. The summed E-state index contributed by atoms with van der Waals surface area (Å²) in [5, 5.41) is 9.51. The molecule has 0 saturated heterocycles. The van der Waals surface area contributed by atoms with Crippen LogP contribution < -0.4 is 0 Å². The number of hydrogen-bond donors (Lipinski definition) is 1. The first-order chi connectivity index (χ1) is 5.97. The Morgan fingerprint density at radius 1 is 1.46 bits per heavy atom. The molecule has 0 aliphatic heterocycles. The third-order valence-electron chi connectivity index (χ3n) is 2.14. The van der Waals surface area contributed by atoms with Gasteiger partial charge in [0.05, 0.1) is 6.10 Å². The molecule has 0 aliphatic carbocycles. The molecule has 0 radical (unpaired) electrons. The van der Waals surface area contributed by atoms with E-state index >= 15 is 0 Å². The lowest BCUT2D eigenvalue weighted by molar-refractivity contribution is -0.124. The second kappa shape index (κ2) is 6.11. The summed E-state index contributed by atoms with van der Waals surface area (Å²) in [5.74, 6) is 0.165. The molecule has 0 fully saturated rings. The Balaban J connectivity index is 3.74. The van der Waals surface area contributed by atoms with Gasteiger partial charge in [-0.3, -0.25) is 4.79 Å². The maximum atomic E-state index is 11.2. The molecular formula is C10H21NO2. The smallest absolute Gasteiger partial charge is 0.138 e. The van der Waals surface area contributed by atoms with Crippen LogP contribution in [0.5, 0.6) is 0 Å². The molecule has 3 nitrogen and oxygen atoms in total. The Labute approximate surface area is 80.7 Å². The second-order valence-corrected chi connectivity index (χ2v) is 3.83. The quantitative estimate of drug-likeness (QED) is 0.672. The molecule has 3 heteroatoms. The van der Waals surface area contributed by atoms with Gasteiger partial charge >= 0.3 is 0 Å². The summed E-state index contributed by atoms with van der Waals surface area (Å²) in [6, 6.07) is 0. The molecule has 0 aromatic heterocycles. The molecule has 1 atom stereocenters. The van der Waals surface area contributed by atoms with E-state index in [2.05, 4.69) is 0 Å². The standard InChI is InChI=1S/C10H21NO2/c1-5-11(4)7-9(12)6-10(13)8(2)3/h8-9,12H,5-7H2,1-4H3/t9-/m1/s1. The van der Waals surface area contributed by atoms with Crippen molar-refractivity contribution < 1.29 is 9.90 Å². The van der Waals surface area contributed by atoms with Crippen LogP contribution in [-0.4, -0.2) is 42.0 Å². The number of hydrogen-bond acceptors (Lipinski definition) is 3. The number of carbonyl (C=O) groups is 1. The fourth-order valence-corrected chi connectivity index (χ4v) is 1.02. The van der Waals surface area contributed by atoms with Crippen LogP contribution in [0, 0.1) is 5.92 Å². The SMILES string of the molecule is CCN(C)C[C@H](O)CC(=O)C(C)C. The van der Waals surface area contributed by atoms with E-state index in [-0.39, 0.29) is 18.1 Å². The summed E-state index contributed by atoms with van der Waals surface area (Å²) in [7, 11) is 1.93. The van der Waals surface area contributed by atoms with Crippen molar-refractivity contribution in [2.24, 2.45) is 5.92 Å². The van der Waals surface area contributed by atoms with Crippen LogP contribution >= 0.6 is 0 Å². The number of aliphatic hydroxyl groups excluding tert-OH is 1. The van der Waals surface area contributed by atoms with Gasteiger partial charge in [0.1, 0.15) is 5.78 Å². The molecule has 0 aromatic rings. The van der Waals surface area contributed by atoms with E-state index in [9.17, 15) is 9.90 Å². The normalized spacial score (nSPS) is 13.8. The van der Waals surface area contributed by atoms with Gasteiger partial charge in [-0.05, 0) is 13.6 Å². The third-order valence-corrected chi connectivity index (χ3v) is 2.14. The lowest BCUT2D eigenvalue weighted by Gasteiger charge is -2.18. The lowest BCUT2D eigenvalue weighted by atomic mass is 10.0. The van der Waals surface area contributed by atoms with Crippen molar-refractivity contribution in [3.63, 3.8) is 0 Å². The van der Waals surface area contributed by atoms with Crippen molar-refractivity contribution in [3.05, 3.63) is 0 Å². The van der Waals surface area contributed by atoms with Gasteiger partial charge in [-0.15, -0.1) is 0 Å². The van der Waals surface area contributed by atoms with Gasteiger partial charge in [0.15, 0.2) is 0 Å². The van der Waals surface area contributed by atoms with Crippen molar-refractivity contribution >= 4 is 5.78 Å². The zero-order valence-corrected chi connectivity index (χ0v) is 9.08. The van der Waals surface area contributed by atoms with Gasteiger partial charge in [0.25, 0.3) is 0 Å². The average Bonchev–Trinajstić information content (AvgIpc) is 2.03. The molecule has 0 unspecified atom stereocenters. The van der Waals surface area contributed by atoms with E-state index in [1.54, 1.807) is 0 Å². The molecule has 0 heterocycles. The highest BCUT2D eigenvalue weighted by Crippen LogP contribution is 2.03. The molecule has 1 N–H and O–H groups in total. The van der Waals surface area contributed by atoms with E-state index in [1.165, 1.54) is 0 Å². The minimum absolute atomic E-state index is 0.0292. The van der Waals surface area contributed by atoms with Crippen molar-refractivity contribution in [2.45, 2.75) is 33.3 Å². The Bertz CT molecular complexity index is 157. The zero-order chi connectivity index (χ0) is 10.4. The first kappa shape index (κ1) is 12.6. The van der Waals surface area contributed by atoms with Gasteiger partial charge in [0, 0.05) is 18.9 Å². The van der Waals surface area contributed by atoms with E-state index in [4.69, 9.17) is 0 Å². The third kappa shape index (κ3) is 5.77. The lowest BCUT2D eigenvalue weighted by Crippen LogP contribution is -2.31. The van der Waals surface area contributed by atoms with Crippen molar-refractivity contribution in [3.8, 4) is 0 Å². The molecule has 13 heavy (non-hydrogen) atoms. The summed E-state index contributed by atoms with van der Waals surface area (Å²) < 4.78 is 0. The summed E-state index contributed by atoms with van der Waals surface area (Å²) in [6.45, 7) is 7.22. The van der Waals surface area contributed by atoms with Gasteiger partial charge < -0.3 is 10.0 Å². The van der Waals surface area contributed by atoms with E-state index in [0.717, 1.165) is 6.54 Å². The first-order valence-corrected chi connectivity index (χ1v) is 4.86. The highest BCUT2D eigenvalue weighted by molar-refractivity contribution is 5.80. The van der Waals surface area contributed by atoms with Crippen LogP contribution in [0.15, 0.2) is 0 Å². The predicted octanol–water partition coefficient (Wildman–Crippen LogP) is 0.914. The number of rotatable bonds is 6. The number of aliphatic hydroxyl groups is 1. The monoisotopic (exact) mass is 187 g/mol. The van der Waals surface area contributed by atoms with Crippen LogP contribution in [0.4, 0.5) is 0 Å². The number of ketones is 1. The Kier molecular flexibility index (Phi) is 5.91. The van der Waals surface area contributed by atoms with Gasteiger partial charge in [-0.2, -0.15) is 0 Å². The fourth-order valence-electron chi connectivity index (χ4n) is 1.02. The molecule has 0 rings (SSSR count). The molecule has 0 aromatic carbocycles. The van der Waals surface area contributed by atoms with Crippen LogP contribution in [0.25, 0.3) is 0 Å². The average molecular weight is 187 g/mol. The second-order valence-electron chi connectivity index (χ2n) is 3.83. The summed E-state index contributed by atoms with van der Waals surface area (Å²) in [4.78, 5) is 13.2. The van der Waals surface area contributed by atoms with Crippen LogP contribution in [-0.2, 0) is 4.79 Å². The van der Waals surface area contributed by atoms with Crippen LogP contribution in [0.2, 0.25) is 0 Å². The number of carbonyl (C=O) groups excluding carboxylic acids is 1. The largest absolute Gasteiger partial charge is 0.391 e. The van der Waals surface area contributed by atoms with Gasteiger partial charge in [0.2, 0.25) is 0 Å². The van der Waals surface area contributed by atoms with E-state index < -0.39 is 6.10 Å². The Hall–Kier alpha value is -0.410. The molecule has 0 saturated carbocycles. The molecule has 78 valence electrons. The van der Waals surface area contributed by atoms with Crippen molar-refractivity contribution in [1.82, 2.24) is 4.90 Å². The van der Waals surface area contributed by atoms with Crippen molar-refractivity contribution in [2.75, 3.05) is 20.1 Å². The highest BCUT2D eigenvalue weighted by atomic mass is 16.3. The minimum Gasteiger partial charge on any atom is -0.391 e. The topological polar surface area (TPSA) is 40.5 Å². The molecule has 0 amide bonds. The molecule has 0 aliphatic rings. The minimum atomic E-state index is -0.514. The summed E-state index contributed by atoms with van der Waals surface area (Å²) in [5.41, 5.74) is 0. The highest BCUT2D eigenvalue weighted by Gasteiger charge is 2.14. The zero-order valence-electron chi connectivity index (χ0n) is 9.08. The summed E-state index contributed by atoms with van der Waals surface area (Å²) >= 11 is 0. The van der Waals surface area contributed by atoms with E-state index in [0.29, 0.717) is 6.54 Å². The molecule has 0 bridgehead atoms. The maximum absolute atomic E-state index is 11.2. The van der Waals surface area contributed by atoms with Crippen LogP contribution in [0.1, 0.15) is 27.2 Å². The predicted molar refractivity (Wildman–Crippen MR) is 53.6 cm³/mol. The van der Waals surface area contributed by atoms with Crippen molar-refractivity contribution in [1.29, 1.82) is 0 Å². The first-order valence-electron chi connectivity index (χ1n) is 4.86. The van der Waals surface area contributed by atoms with Crippen LogP contribution in [0.3, 0.4) is 0 Å². The molecular weight excluding hydrogens is 166 g/mol. The fraction of sp³-hybridized carbons (Fsp3) is 0.900. The Morgan fingerprint density at radius 3 is 2.38 bits per heavy atom.